The van der Waals surface area contributed by atoms with Crippen LogP contribution >= 0.6 is 0 Å². The maximum absolute atomic E-state index is 5.37. The van der Waals surface area contributed by atoms with E-state index in [-0.39, 0.29) is 0 Å². The molecule has 2 aromatic rings. The van der Waals surface area contributed by atoms with E-state index in [0.29, 0.717) is 0 Å². The minimum absolute atomic E-state index is 0.785. The molecule has 0 aliphatic carbocycles. The van der Waals surface area contributed by atoms with Gasteiger partial charge in [0.15, 0.2) is 0 Å². The molecular formula is C14H17NO. The fraction of sp³-hybridized carbons (Fsp3) is 0.286. The van der Waals surface area contributed by atoms with Crippen LogP contribution in [0.25, 0.3) is 0 Å². The van der Waals surface area contributed by atoms with E-state index in [1.54, 1.807) is 6.26 Å². The van der Waals surface area contributed by atoms with Crippen molar-refractivity contribution in [2.75, 3.05) is 0 Å². The molecule has 2 rings (SSSR count). The molecule has 2 nitrogen and oxygen atoms in total. The first-order valence-electron chi connectivity index (χ1n) is 5.55. The predicted octanol–water partition coefficient (Wildman–Crippen LogP) is 3.19. The largest absolute Gasteiger partial charge is 0.468 e. The molecule has 84 valence electrons. The summed E-state index contributed by atoms with van der Waals surface area (Å²) < 4.78 is 5.37. The van der Waals surface area contributed by atoms with Gasteiger partial charge in [-0.05, 0) is 36.6 Å². The van der Waals surface area contributed by atoms with E-state index in [9.17, 15) is 0 Å². The zero-order valence-electron chi connectivity index (χ0n) is 9.79. The molecular weight excluding hydrogens is 198 g/mol. The number of benzene rings is 1. The number of furan rings is 1. The number of rotatable bonds is 4. The van der Waals surface area contributed by atoms with Crippen molar-refractivity contribution in [1.82, 2.24) is 5.32 Å². The van der Waals surface area contributed by atoms with Gasteiger partial charge >= 0.3 is 0 Å². The van der Waals surface area contributed by atoms with Crippen molar-refractivity contribution in [1.29, 1.82) is 0 Å². The third-order valence-corrected chi connectivity index (χ3v) is 2.83. The molecule has 0 aliphatic rings. The van der Waals surface area contributed by atoms with Crippen LogP contribution in [0.15, 0.2) is 41.0 Å². The third-order valence-electron chi connectivity index (χ3n) is 2.83. The predicted molar refractivity (Wildman–Crippen MR) is 65.2 cm³/mol. The molecule has 1 aromatic carbocycles. The number of nitrogens with one attached hydrogen (secondary N) is 1. The summed E-state index contributed by atoms with van der Waals surface area (Å²) in [6, 6.07) is 10.4. The van der Waals surface area contributed by atoms with Crippen molar-refractivity contribution in [3.05, 3.63) is 59.0 Å². The smallest absolute Gasteiger partial charge is 0.120 e. The van der Waals surface area contributed by atoms with Gasteiger partial charge in [0.1, 0.15) is 5.76 Å². The molecule has 0 saturated carbocycles. The van der Waals surface area contributed by atoms with Crippen LogP contribution in [0.3, 0.4) is 0 Å². The summed E-state index contributed by atoms with van der Waals surface area (Å²) in [7, 11) is 0. The summed E-state index contributed by atoms with van der Waals surface area (Å²) in [5.74, 6) is 1.02. The molecule has 2 heteroatoms. The minimum atomic E-state index is 0.785. The molecule has 1 aromatic heterocycles. The fourth-order valence-electron chi connectivity index (χ4n) is 1.70. The number of hydrogen-bond donors (Lipinski definition) is 1. The van der Waals surface area contributed by atoms with Crippen LogP contribution in [0.1, 0.15) is 22.5 Å². The van der Waals surface area contributed by atoms with Crippen LogP contribution in [0, 0.1) is 13.8 Å². The maximum atomic E-state index is 5.37. The highest BCUT2D eigenvalue weighted by atomic mass is 16.3. The van der Waals surface area contributed by atoms with Crippen molar-refractivity contribution in [2.45, 2.75) is 26.9 Å². The molecule has 0 atom stereocenters. The zero-order valence-corrected chi connectivity index (χ0v) is 9.79. The number of hydrogen-bond acceptors (Lipinski definition) is 2. The Morgan fingerprint density at radius 2 is 1.81 bits per heavy atom. The van der Waals surface area contributed by atoms with Gasteiger partial charge in [-0.15, -0.1) is 0 Å². The van der Waals surface area contributed by atoms with E-state index in [1.807, 2.05) is 6.07 Å². The summed E-state index contributed by atoms with van der Waals surface area (Å²) in [6.07, 6.45) is 1.74. The van der Waals surface area contributed by atoms with Gasteiger partial charge in [0.05, 0.1) is 12.8 Å². The van der Waals surface area contributed by atoms with Gasteiger partial charge in [-0.25, -0.2) is 0 Å². The summed E-state index contributed by atoms with van der Waals surface area (Å²) in [6.45, 7) is 5.86. The lowest BCUT2D eigenvalue weighted by Gasteiger charge is -2.06. The van der Waals surface area contributed by atoms with E-state index in [0.717, 1.165) is 18.8 Å². The molecule has 0 aliphatic heterocycles. The van der Waals surface area contributed by atoms with E-state index in [2.05, 4.69) is 43.4 Å². The Balaban J connectivity index is 1.89. The Labute approximate surface area is 96.3 Å². The first-order chi connectivity index (χ1) is 7.77. The average Bonchev–Trinajstić information content (AvgIpc) is 2.67. The van der Waals surface area contributed by atoms with E-state index < -0.39 is 0 Å². The monoisotopic (exact) mass is 215 g/mol. The Hall–Kier alpha value is -1.54. The topological polar surface area (TPSA) is 25.2 Å². The quantitative estimate of drug-likeness (QED) is 0.847. The molecule has 0 amide bonds. The van der Waals surface area contributed by atoms with Gasteiger partial charge < -0.3 is 9.73 Å². The van der Waals surface area contributed by atoms with Crippen LogP contribution in [-0.4, -0.2) is 0 Å². The Bertz CT molecular complexity index is 459. The van der Waals surface area contributed by atoms with Crippen molar-refractivity contribution in [2.24, 2.45) is 0 Å². The maximum Gasteiger partial charge on any atom is 0.120 e. The molecule has 0 bridgehead atoms. The second kappa shape index (κ2) is 4.99. The first kappa shape index (κ1) is 11.0. The van der Waals surface area contributed by atoms with Crippen LogP contribution in [0.4, 0.5) is 0 Å². The van der Waals surface area contributed by atoms with E-state index in [4.69, 9.17) is 4.42 Å². The molecule has 0 radical (unpaired) electrons. The highest BCUT2D eigenvalue weighted by Crippen LogP contribution is 2.10. The lowest BCUT2D eigenvalue weighted by atomic mass is 10.1. The van der Waals surface area contributed by atoms with E-state index >= 15 is 0 Å². The summed E-state index contributed by atoms with van der Waals surface area (Å²) in [4.78, 5) is 0. The molecule has 1 heterocycles. The Kier molecular flexibility index (Phi) is 3.42. The van der Waals surface area contributed by atoms with Crippen LogP contribution in [0.2, 0.25) is 0 Å². The lowest BCUT2D eigenvalue weighted by molar-refractivity contribution is 0.480. The second-order valence-corrected chi connectivity index (χ2v) is 4.06. The van der Waals surface area contributed by atoms with Crippen LogP contribution < -0.4 is 5.32 Å². The van der Waals surface area contributed by atoms with Gasteiger partial charge in [-0.2, -0.15) is 0 Å². The summed E-state index contributed by atoms with van der Waals surface area (Å²) in [5, 5.41) is 3.39. The molecule has 0 unspecified atom stereocenters. The van der Waals surface area contributed by atoms with Crippen molar-refractivity contribution < 1.29 is 4.42 Å². The normalized spacial score (nSPS) is 10.6. The zero-order chi connectivity index (χ0) is 11.4. The molecule has 0 spiro atoms. The second-order valence-electron chi connectivity index (χ2n) is 4.06. The van der Waals surface area contributed by atoms with Crippen LogP contribution in [0.5, 0.6) is 0 Å². The Morgan fingerprint density at radius 3 is 2.50 bits per heavy atom. The van der Waals surface area contributed by atoms with Crippen molar-refractivity contribution in [3.8, 4) is 0 Å². The minimum Gasteiger partial charge on any atom is -0.468 e. The van der Waals surface area contributed by atoms with Gasteiger partial charge in [0.25, 0.3) is 0 Å². The molecule has 0 fully saturated rings. The van der Waals surface area contributed by atoms with Gasteiger partial charge in [0, 0.05) is 6.54 Å². The van der Waals surface area contributed by atoms with Gasteiger partial charge in [0.2, 0.25) is 0 Å². The summed E-state index contributed by atoms with van der Waals surface area (Å²) in [5.41, 5.74) is 3.87. The fourth-order valence-corrected chi connectivity index (χ4v) is 1.70. The molecule has 16 heavy (non-hydrogen) atoms. The highest BCUT2D eigenvalue weighted by molar-refractivity contribution is 5.25. The first-order valence-corrected chi connectivity index (χ1v) is 5.55. The average molecular weight is 215 g/mol. The standard InChI is InChI=1S/C14H17NO/c1-11-5-3-4-6-13(11)9-15-10-14-12(2)7-8-16-14/h3-8,15H,9-10H2,1-2H3. The van der Waals surface area contributed by atoms with Crippen molar-refractivity contribution >= 4 is 0 Å². The number of aryl methyl sites for hydroxylation is 2. The molecule has 0 saturated heterocycles. The van der Waals surface area contributed by atoms with Crippen molar-refractivity contribution in [3.63, 3.8) is 0 Å². The SMILES string of the molecule is Cc1ccccc1CNCc1occc1C. The third kappa shape index (κ3) is 2.52. The highest BCUT2D eigenvalue weighted by Gasteiger charge is 2.01. The summed E-state index contributed by atoms with van der Waals surface area (Å²) >= 11 is 0. The molecule has 1 N–H and O–H groups in total. The van der Waals surface area contributed by atoms with Crippen LogP contribution in [-0.2, 0) is 13.1 Å². The lowest BCUT2D eigenvalue weighted by Crippen LogP contribution is -2.13. The Morgan fingerprint density at radius 1 is 1.00 bits per heavy atom. The van der Waals surface area contributed by atoms with Gasteiger partial charge in [-0.1, -0.05) is 24.3 Å². The van der Waals surface area contributed by atoms with E-state index in [1.165, 1.54) is 16.7 Å². The van der Waals surface area contributed by atoms with Gasteiger partial charge in [-0.3, -0.25) is 0 Å².